The van der Waals surface area contributed by atoms with Crippen LogP contribution in [-0.2, 0) is 19.9 Å². The Balaban J connectivity index is 1.35. The number of anilines is 1. The summed E-state index contributed by atoms with van der Waals surface area (Å²) in [5, 5.41) is 15.4. The lowest BCUT2D eigenvalue weighted by molar-refractivity contribution is -0.134. The predicted octanol–water partition coefficient (Wildman–Crippen LogP) is 4.40. The molecule has 1 aromatic rings. The zero-order valence-corrected chi connectivity index (χ0v) is 20.1. The van der Waals surface area contributed by atoms with E-state index in [0.29, 0.717) is 28.8 Å². The van der Waals surface area contributed by atoms with Crippen LogP contribution >= 0.6 is 11.6 Å². The zero-order valence-electron chi connectivity index (χ0n) is 19.4. The Morgan fingerprint density at radius 2 is 2.06 bits per heavy atom. The second-order valence-corrected chi connectivity index (χ2v) is 11.0. The number of fused-ring (bicyclic) bond motifs is 2. The van der Waals surface area contributed by atoms with Crippen LogP contribution in [0.4, 0.5) is 5.69 Å². The molecule has 2 aliphatic heterocycles. The number of nitrogens with zero attached hydrogens (tertiary/aromatic N) is 1. The molecular weight excluding hydrogens is 440 g/mol. The van der Waals surface area contributed by atoms with Gasteiger partial charge >= 0.3 is 0 Å². The smallest absolute Gasteiger partial charge is 0.232 e. The summed E-state index contributed by atoms with van der Waals surface area (Å²) in [4.78, 5) is 28.0. The van der Waals surface area contributed by atoms with Gasteiger partial charge in [0.25, 0.3) is 0 Å². The van der Waals surface area contributed by atoms with Crippen LogP contribution in [0, 0.1) is 16.7 Å². The van der Waals surface area contributed by atoms with Crippen molar-refractivity contribution in [3.05, 3.63) is 28.8 Å². The number of guanidine groups is 1. The molecule has 0 spiro atoms. The molecule has 8 heteroatoms. The molecule has 4 fully saturated rings. The Kier molecular flexibility index (Phi) is 5.68. The minimum absolute atomic E-state index is 0.0344. The van der Waals surface area contributed by atoms with E-state index in [1.165, 1.54) is 0 Å². The van der Waals surface area contributed by atoms with Crippen molar-refractivity contribution in [2.45, 2.75) is 82.9 Å². The first-order valence-corrected chi connectivity index (χ1v) is 12.5. The summed E-state index contributed by atoms with van der Waals surface area (Å²) < 4.78 is 5.61. The number of nitrogens with one attached hydrogen (secondary N) is 3. The molecule has 3 N–H and O–H groups in total. The van der Waals surface area contributed by atoms with E-state index in [9.17, 15) is 9.59 Å². The van der Waals surface area contributed by atoms with Crippen molar-refractivity contribution in [3.63, 3.8) is 0 Å². The highest BCUT2D eigenvalue weighted by Gasteiger charge is 2.50. The summed E-state index contributed by atoms with van der Waals surface area (Å²) in [6, 6.07) is 5.51. The first-order chi connectivity index (χ1) is 15.7. The molecule has 33 heavy (non-hydrogen) atoms. The van der Waals surface area contributed by atoms with Gasteiger partial charge in [-0.1, -0.05) is 23.7 Å². The van der Waals surface area contributed by atoms with Crippen LogP contribution in [0.1, 0.15) is 70.8 Å². The van der Waals surface area contributed by atoms with Gasteiger partial charge in [-0.3, -0.25) is 19.9 Å². The highest BCUT2D eigenvalue weighted by Crippen LogP contribution is 2.54. The summed E-state index contributed by atoms with van der Waals surface area (Å²) in [5.41, 5.74) is 0.208. The summed E-state index contributed by atoms with van der Waals surface area (Å²) in [6.07, 6.45) is 6.84. The highest BCUT2D eigenvalue weighted by molar-refractivity contribution is 6.34. The van der Waals surface area contributed by atoms with Crippen molar-refractivity contribution < 1.29 is 14.3 Å². The van der Waals surface area contributed by atoms with E-state index < -0.39 is 5.54 Å². The van der Waals surface area contributed by atoms with Crippen molar-refractivity contribution in [1.82, 2.24) is 10.2 Å². The molecule has 0 unspecified atom stereocenters. The first-order valence-electron chi connectivity index (χ1n) is 12.1. The van der Waals surface area contributed by atoms with Crippen molar-refractivity contribution in [2.24, 2.45) is 11.3 Å². The van der Waals surface area contributed by atoms with Crippen molar-refractivity contribution >= 4 is 35.1 Å². The third-order valence-corrected chi connectivity index (χ3v) is 8.70. The van der Waals surface area contributed by atoms with Gasteiger partial charge < -0.3 is 15.4 Å². The number of carbonyl (C=O) groups excluding carboxylic acids is 2. The quantitative estimate of drug-likeness (QED) is 0.605. The van der Waals surface area contributed by atoms with Gasteiger partial charge in [-0.15, -0.1) is 0 Å². The number of ether oxygens (including phenoxy) is 1. The van der Waals surface area contributed by atoms with E-state index in [2.05, 4.69) is 10.6 Å². The molecular formula is C25H33ClN4O3. The molecule has 2 heterocycles. The second kappa shape index (κ2) is 8.27. The number of hydrogen-bond donors (Lipinski definition) is 3. The average molecular weight is 473 g/mol. The summed E-state index contributed by atoms with van der Waals surface area (Å²) in [6.45, 7) is 4.49. The van der Waals surface area contributed by atoms with Crippen LogP contribution in [0.15, 0.2) is 18.2 Å². The molecule has 0 aromatic heterocycles. The Hall–Kier alpha value is -2.12. The number of carbonyl (C=O) groups is 2. The number of halogens is 1. The molecule has 0 radical (unpaired) electrons. The molecule has 3 atom stereocenters. The normalized spacial score (nSPS) is 36.1. The molecule has 5 rings (SSSR count). The maximum atomic E-state index is 13.2. The molecule has 2 saturated heterocycles. The van der Waals surface area contributed by atoms with E-state index in [1.807, 2.05) is 32.0 Å². The monoisotopic (exact) mass is 472 g/mol. The van der Waals surface area contributed by atoms with Gasteiger partial charge in [-0.05, 0) is 76.3 Å². The standard InChI is InChI=1S/C25H33ClN4O3/c1-15-12-17(8-11-33-15)30-20(31)14-24(2,29-23(30)27)18-4-3-5-19(21(18)26)28-22(32)25-9-6-16(13-25)7-10-25/h3-5,15-17H,6-14H2,1-2H3,(H2,27,29)(H,28,32)/t15-,16?,17-,24+,25?/m1/s1. The molecule has 4 aliphatic rings. The maximum absolute atomic E-state index is 13.2. The number of hydrogen-bond acceptors (Lipinski definition) is 4. The Morgan fingerprint density at radius 3 is 2.70 bits per heavy atom. The van der Waals surface area contributed by atoms with Crippen LogP contribution in [0.5, 0.6) is 0 Å². The van der Waals surface area contributed by atoms with Crippen LogP contribution in [0.25, 0.3) is 0 Å². The predicted molar refractivity (Wildman–Crippen MR) is 127 cm³/mol. The fourth-order valence-electron chi connectivity index (χ4n) is 6.46. The first kappa shape index (κ1) is 22.7. The lowest BCUT2D eigenvalue weighted by atomic mass is 9.83. The molecule has 2 amide bonds. The molecule has 178 valence electrons. The van der Waals surface area contributed by atoms with Gasteiger partial charge in [0.05, 0.1) is 28.8 Å². The second-order valence-electron chi connectivity index (χ2n) is 10.7. The number of amides is 2. The lowest BCUT2D eigenvalue weighted by Crippen LogP contribution is -2.63. The van der Waals surface area contributed by atoms with Gasteiger partial charge in [-0.2, -0.15) is 0 Å². The van der Waals surface area contributed by atoms with Crippen molar-refractivity contribution in [1.29, 1.82) is 5.41 Å². The van der Waals surface area contributed by atoms with Crippen molar-refractivity contribution in [2.75, 3.05) is 11.9 Å². The van der Waals surface area contributed by atoms with Crippen LogP contribution < -0.4 is 10.6 Å². The fraction of sp³-hybridized carbons (Fsp3) is 0.640. The van der Waals surface area contributed by atoms with Crippen LogP contribution in [0.3, 0.4) is 0 Å². The fourth-order valence-corrected chi connectivity index (χ4v) is 6.84. The lowest BCUT2D eigenvalue weighted by Gasteiger charge is -2.45. The minimum atomic E-state index is -0.830. The molecule has 7 nitrogen and oxygen atoms in total. The third-order valence-electron chi connectivity index (χ3n) is 8.30. The topological polar surface area (TPSA) is 94.5 Å². The van der Waals surface area contributed by atoms with Gasteiger partial charge in [0.1, 0.15) is 0 Å². The average Bonchev–Trinajstić information content (AvgIpc) is 3.37. The van der Waals surface area contributed by atoms with Crippen LogP contribution in [-0.4, -0.2) is 41.4 Å². The molecule has 1 aromatic carbocycles. The third kappa shape index (κ3) is 3.93. The van der Waals surface area contributed by atoms with Crippen LogP contribution in [0.2, 0.25) is 5.02 Å². The number of benzene rings is 1. The Bertz CT molecular complexity index is 970. The van der Waals surface area contributed by atoms with Gasteiger partial charge in [0, 0.05) is 18.1 Å². The molecule has 2 bridgehead atoms. The Morgan fingerprint density at radius 1 is 1.30 bits per heavy atom. The molecule has 2 aliphatic carbocycles. The zero-order chi connectivity index (χ0) is 23.4. The van der Waals surface area contributed by atoms with Gasteiger partial charge in [0.15, 0.2) is 5.96 Å². The van der Waals surface area contributed by atoms with Gasteiger partial charge in [-0.25, -0.2) is 0 Å². The number of rotatable bonds is 4. The van der Waals surface area contributed by atoms with E-state index in [0.717, 1.165) is 44.9 Å². The van der Waals surface area contributed by atoms with E-state index >= 15 is 0 Å². The highest BCUT2D eigenvalue weighted by atomic mass is 35.5. The van der Waals surface area contributed by atoms with E-state index in [1.54, 1.807) is 4.90 Å². The summed E-state index contributed by atoms with van der Waals surface area (Å²) in [7, 11) is 0. The SMILES string of the molecule is C[C@@H]1C[C@H](N2C(=N)N[C@](C)(c3cccc(NC(=O)C45CCC(CC4)C5)c3Cl)CC2=O)CCO1. The van der Waals surface area contributed by atoms with E-state index in [4.69, 9.17) is 21.7 Å². The largest absolute Gasteiger partial charge is 0.378 e. The molecule has 2 saturated carbocycles. The Labute approximate surface area is 200 Å². The summed E-state index contributed by atoms with van der Waals surface area (Å²) >= 11 is 6.81. The minimum Gasteiger partial charge on any atom is -0.378 e. The maximum Gasteiger partial charge on any atom is 0.232 e. The van der Waals surface area contributed by atoms with E-state index in [-0.39, 0.29) is 41.8 Å². The van der Waals surface area contributed by atoms with Crippen molar-refractivity contribution in [3.8, 4) is 0 Å². The summed E-state index contributed by atoms with van der Waals surface area (Å²) in [5.74, 6) is 0.751. The van der Waals surface area contributed by atoms with Gasteiger partial charge in [0.2, 0.25) is 11.8 Å².